The lowest BCUT2D eigenvalue weighted by Crippen LogP contribution is -2.42. The number of benzene rings is 1. The molecule has 2 aromatic rings. The molecule has 0 aliphatic carbocycles. The summed E-state index contributed by atoms with van der Waals surface area (Å²) in [6.07, 6.45) is 4.91. The van der Waals surface area contributed by atoms with E-state index < -0.39 is 5.91 Å². The average molecular weight is 454 g/mol. The Hall–Kier alpha value is -2.97. The molecule has 1 aromatic heterocycles. The Morgan fingerprint density at radius 2 is 1.83 bits per heavy atom. The van der Waals surface area contributed by atoms with Gasteiger partial charge >= 0.3 is 0 Å². The molecule has 0 spiro atoms. The van der Waals surface area contributed by atoms with E-state index in [-0.39, 0.29) is 37.8 Å². The number of carbonyl (C=O) groups is 3. The second kappa shape index (κ2) is 12.6. The van der Waals surface area contributed by atoms with E-state index in [9.17, 15) is 14.4 Å². The van der Waals surface area contributed by atoms with Crippen LogP contribution in [0.3, 0.4) is 0 Å². The molecular weight excluding hydrogens is 433 g/mol. The summed E-state index contributed by atoms with van der Waals surface area (Å²) in [6.45, 7) is 0.402. The van der Waals surface area contributed by atoms with Crippen LogP contribution in [0.2, 0.25) is 10.0 Å². The highest BCUT2D eigenvalue weighted by atomic mass is 35.5. The number of rotatable bonds is 10. The number of halogens is 2. The highest BCUT2D eigenvalue weighted by molar-refractivity contribution is 6.35. The molecule has 0 bridgehead atoms. The maximum absolute atomic E-state index is 11.7. The summed E-state index contributed by atoms with van der Waals surface area (Å²) < 4.78 is 10.5. The topological polar surface area (TPSA) is 110 Å². The Kier molecular flexibility index (Phi) is 9.76. The van der Waals surface area contributed by atoms with Crippen molar-refractivity contribution in [3.63, 3.8) is 0 Å². The van der Waals surface area contributed by atoms with E-state index in [1.54, 1.807) is 30.3 Å². The molecule has 160 valence electrons. The number of carbonyl (C=O) groups excluding carboxylic acids is 3. The van der Waals surface area contributed by atoms with Gasteiger partial charge in [-0.15, -0.1) is 0 Å². The number of hydrogen-bond acceptors (Lipinski definition) is 5. The van der Waals surface area contributed by atoms with Crippen molar-refractivity contribution < 1.29 is 23.5 Å². The third kappa shape index (κ3) is 9.02. The number of furan rings is 1. The van der Waals surface area contributed by atoms with Crippen molar-refractivity contribution in [2.45, 2.75) is 19.3 Å². The predicted molar refractivity (Wildman–Crippen MR) is 113 cm³/mol. The number of ether oxygens (including phenoxy) is 1. The molecule has 0 radical (unpaired) electrons. The molecule has 3 amide bonds. The lowest BCUT2D eigenvalue weighted by atomic mass is 10.3. The Morgan fingerprint density at radius 3 is 2.53 bits per heavy atom. The zero-order valence-corrected chi connectivity index (χ0v) is 17.5. The van der Waals surface area contributed by atoms with Crippen molar-refractivity contribution in [1.82, 2.24) is 16.2 Å². The molecule has 10 heteroatoms. The highest BCUT2D eigenvalue weighted by Crippen LogP contribution is 2.27. The van der Waals surface area contributed by atoms with Crippen molar-refractivity contribution in [2.24, 2.45) is 0 Å². The summed E-state index contributed by atoms with van der Waals surface area (Å²) in [4.78, 5) is 35.0. The normalized spacial score (nSPS) is 10.6. The van der Waals surface area contributed by atoms with Crippen LogP contribution in [0.4, 0.5) is 0 Å². The Balaban J connectivity index is 1.52. The Labute approximate surface area is 183 Å². The van der Waals surface area contributed by atoms with Crippen molar-refractivity contribution in [2.75, 3.05) is 13.2 Å². The summed E-state index contributed by atoms with van der Waals surface area (Å²) in [5.41, 5.74) is 4.59. The number of amides is 3. The van der Waals surface area contributed by atoms with E-state index in [0.717, 1.165) is 0 Å². The molecule has 0 saturated heterocycles. The fourth-order valence-electron chi connectivity index (χ4n) is 2.17. The molecule has 0 atom stereocenters. The zero-order chi connectivity index (χ0) is 21.8. The fourth-order valence-corrected chi connectivity index (χ4v) is 2.64. The third-order valence-electron chi connectivity index (χ3n) is 3.63. The summed E-state index contributed by atoms with van der Waals surface area (Å²) in [5.74, 6) is -0.116. The summed E-state index contributed by atoms with van der Waals surface area (Å²) in [6, 6.07) is 8.29. The van der Waals surface area contributed by atoms with Gasteiger partial charge in [0.25, 0.3) is 0 Å². The number of hydrazine groups is 1. The van der Waals surface area contributed by atoms with Crippen molar-refractivity contribution in [3.8, 4) is 5.75 Å². The zero-order valence-electron chi connectivity index (χ0n) is 16.0. The van der Waals surface area contributed by atoms with E-state index in [4.69, 9.17) is 32.4 Å². The van der Waals surface area contributed by atoms with Gasteiger partial charge in [-0.3, -0.25) is 25.2 Å². The molecule has 0 aliphatic heterocycles. The van der Waals surface area contributed by atoms with Gasteiger partial charge in [-0.1, -0.05) is 23.2 Å². The van der Waals surface area contributed by atoms with Gasteiger partial charge in [-0.2, -0.15) is 0 Å². The Morgan fingerprint density at radius 1 is 1.07 bits per heavy atom. The lowest BCUT2D eigenvalue weighted by molar-refractivity contribution is -0.129. The first-order valence-corrected chi connectivity index (χ1v) is 9.84. The second-order valence-corrected chi connectivity index (χ2v) is 6.86. The maximum Gasteiger partial charge on any atom is 0.244 e. The minimum absolute atomic E-state index is 0.0127. The van der Waals surface area contributed by atoms with Gasteiger partial charge in [-0.05, 0) is 42.8 Å². The summed E-state index contributed by atoms with van der Waals surface area (Å²) >= 11 is 11.8. The van der Waals surface area contributed by atoms with Gasteiger partial charge in [0.1, 0.15) is 11.5 Å². The number of hydrogen-bond donors (Lipinski definition) is 3. The van der Waals surface area contributed by atoms with Crippen molar-refractivity contribution >= 4 is 47.0 Å². The fraction of sp³-hybridized carbons (Fsp3) is 0.250. The summed E-state index contributed by atoms with van der Waals surface area (Å²) in [7, 11) is 0. The van der Waals surface area contributed by atoms with Gasteiger partial charge < -0.3 is 14.5 Å². The lowest BCUT2D eigenvalue weighted by Gasteiger charge is -2.09. The van der Waals surface area contributed by atoms with Crippen LogP contribution < -0.4 is 20.9 Å². The molecule has 0 unspecified atom stereocenters. The first kappa shape index (κ1) is 23.3. The van der Waals surface area contributed by atoms with Crippen LogP contribution in [-0.2, 0) is 14.4 Å². The minimum atomic E-state index is -0.428. The van der Waals surface area contributed by atoms with Gasteiger partial charge in [0, 0.05) is 30.5 Å². The molecule has 1 heterocycles. The van der Waals surface area contributed by atoms with Gasteiger partial charge in [0.2, 0.25) is 17.7 Å². The van der Waals surface area contributed by atoms with Crippen molar-refractivity contribution in [1.29, 1.82) is 0 Å². The smallest absolute Gasteiger partial charge is 0.244 e. The molecule has 1 aromatic carbocycles. The standard InChI is InChI=1S/C20H21Cl2N3O5/c21-14-5-7-17(16(22)13-14)30-12-2-4-19(27)24-25-20(28)9-10-23-18(26)8-6-15-3-1-11-29-15/h1,3,5-8,11,13H,2,4,9-10,12H2,(H,23,26)(H,24,27)(H,25,28)/b8-6+. The van der Waals surface area contributed by atoms with E-state index >= 15 is 0 Å². The largest absolute Gasteiger partial charge is 0.492 e. The second-order valence-electron chi connectivity index (χ2n) is 6.01. The van der Waals surface area contributed by atoms with Crippen LogP contribution in [-0.4, -0.2) is 30.9 Å². The van der Waals surface area contributed by atoms with Gasteiger partial charge in [0.15, 0.2) is 0 Å². The SMILES string of the molecule is O=C(/C=C/c1ccco1)NCCC(=O)NNC(=O)CCCOc1ccc(Cl)cc1Cl. The van der Waals surface area contributed by atoms with E-state index in [1.807, 2.05) is 0 Å². The first-order chi connectivity index (χ1) is 14.4. The van der Waals surface area contributed by atoms with E-state index in [0.29, 0.717) is 28.0 Å². The molecule has 0 saturated carbocycles. The third-order valence-corrected chi connectivity index (χ3v) is 4.16. The molecule has 30 heavy (non-hydrogen) atoms. The quantitative estimate of drug-likeness (QED) is 0.290. The Bertz CT molecular complexity index is 885. The van der Waals surface area contributed by atoms with Crippen LogP contribution in [0.1, 0.15) is 25.0 Å². The maximum atomic E-state index is 11.7. The average Bonchev–Trinajstić information content (AvgIpc) is 3.23. The first-order valence-electron chi connectivity index (χ1n) is 9.09. The van der Waals surface area contributed by atoms with Crippen LogP contribution >= 0.6 is 23.2 Å². The van der Waals surface area contributed by atoms with Crippen LogP contribution in [0.25, 0.3) is 6.08 Å². The van der Waals surface area contributed by atoms with E-state index in [2.05, 4.69) is 16.2 Å². The highest BCUT2D eigenvalue weighted by Gasteiger charge is 2.07. The van der Waals surface area contributed by atoms with Crippen LogP contribution in [0, 0.1) is 0 Å². The van der Waals surface area contributed by atoms with Crippen molar-refractivity contribution in [3.05, 3.63) is 58.5 Å². The monoisotopic (exact) mass is 453 g/mol. The molecule has 0 fully saturated rings. The minimum Gasteiger partial charge on any atom is -0.492 e. The number of nitrogens with one attached hydrogen (secondary N) is 3. The summed E-state index contributed by atoms with van der Waals surface area (Å²) in [5, 5.41) is 3.45. The van der Waals surface area contributed by atoms with Gasteiger partial charge in [0.05, 0.1) is 17.9 Å². The van der Waals surface area contributed by atoms with Crippen LogP contribution in [0.15, 0.2) is 47.1 Å². The molecule has 3 N–H and O–H groups in total. The van der Waals surface area contributed by atoms with Crippen LogP contribution in [0.5, 0.6) is 5.75 Å². The van der Waals surface area contributed by atoms with Gasteiger partial charge in [-0.25, -0.2) is 0 Å². The molecule has 0 aliphatic rings. The van der Waals surface area contributed by atoms with E-state index in [1.165, 1.54) is 18.4 Å². The predicted octanol–water partition coefficient (Wildman–Crippen LogP) is 3.11. The molecule has 8 nitrogen and oxygen atoms in total. The molecule has 2 rings (SSSR count). The molecular formula is C20H21Cl2N3O5.